The van der Waals surface area contributed by atoms with Gasteiger partial charge in [0.2, 0.25) is 9.84 Å². The summed E-state index contributed by atoms with van der Waals surface area (Å²) in [6.45, 7) is 0. The minimum Gasteiger partial charge on any atom is -0.241 e. The number of thiophene rings is 1. The minimum absolute atomic E-state index is 0.0567. The van der Waals surface area contributed by atoms with Gasteiger partial charge in [-0.25, -0.2) is 13.4 Å². The van der Waals surface area contributed by atoms with Crippen LogP contribution in [-0.4, -0.2) is 13.5 Å². The Hall–Kier alpha value is -0.170. The Bertz CT molecular complexity index is 544. The van der Waals surface area contributed by atoms with Gasteiger partial charge in [0.1, 0.15) is 3.81 Å². The van der Waals surface area contributed by atoms with Crippen LogP contribution in [0.3, 0.4) is 0 Å². The summed E-state index contributed by atoms with van der Waals surface area (Å²) in [4.78, 5) is 4.38. The molecule has 0 bridgehead atoms. The summed E-state index contributed by atoms with van der Waals surface area (Å²) >= 11 is 9.83. The molecule has 0 N–H and O–H groups in total. The van der Waals surface area contributed by atoms with Crippen molar-refractivity contribution >= 4 is 53.7 Å². The number of hydrogen-bond donors (Lipinski definition) is 0. The molecule has 0 aliphatic carbocycles. The first-order valence-corrected chi connectivity index (χ1v) is 6.93. The van der Waals surface area contributed by atoms with E-state index in [1.54, 1.807) is 12.1 Å². The largest absolute Gasteiger partial charge is 0.241 e. The van der Waals surface area contributed by atoms with Crippen molar-refractivity contribution in [3.05, 3.63) is 31.4 Å². The summed E-state index contributed by atoms with van der Waals surface area (Å²) < 4.78 is 23.9. The molecule has 7 heteroatoms. The maximum Gasteiger partial charge on any atom is 0.233 e. The molecule has 0 aromatic carbocycles. The summed E-state index contributed by atoms with van der Waals surface area (Å²) in [5, 5.41) is 0.0567. The SMILES string of the molecule is O=S1(=O)C(Br)=CN=C1c1ccc(Cl)s1. The molecule has 0 unspecified atom stereocenters. The zero-order valence-corrected chi connectivity index (χ0v) is 10.5. The van der Waals surface area contributed by atoms with Gasteiger partial charge < -0.3 is 0 Å². The van der Waals surface area contributed by atoms with Crippen molar-refractivity contribution in [2.24, 2.45) is 4.99 Å². The highest BCUT2D eigenvalue weighted by Crippen LogP contribution is 2.30. The highest BCUT2D eigenvalue weighted by Gasteiger charge is 2.30. The molecule has 0 spiro atoms. The van der Waals surface area contributed by atoms with Crippen LogP contribution in [0.15, 0.2) is 27.1 Å². The lowest BCUT2D eigenvalue weighted by atomic mass is 10.5. The third-order valence-electron chi connectivity index (χ3n) is 1.58. The van der Waals surface area contributed by atoms with E-state index in [-0.39, 0.29) is 8.86 Å². The number of hydrogen-bond acceptors (Lipinski definition) is 4. The van der Waals surface area contributed by atoms with Gasteiger partial charge in [0, 0.05) is 0 Å². The average Bonchev–Trinajstić information content (AvgIpc) is 2.60. The summed E-state index contributed by atoms with van der Waals surface area (Å²) in [7, 11) is -3.43. The molecule has 1 aliphatic rings. The van der Waals surface area contributed by atoms with Crippen molar-refractivity contribution in [3.63, 3.8) is 0 Å². The van der Waals surface area contributed by atoms with E-state index in [0.717, 1.165) is 0 Å². The number of nitrogens with zero attached hydrogens (tertiary/aromatic N) is 1. The maximum atomic E-state index is 11.6. The van der Waals surface area contributed by atoms with Crippen LogP contribution in [0.2, 0.25) is 4.34 Å². The number of rotatable bonds is 1. The zero-order valence-electron chi connectivity index (χ0n) is 6.57. The van der Waals surface area contributed by atoms with Gasteiger partial charge in [-0.05, 0) is 28.1 Å². The Morgan fingerprint density at radius 2 is 2.14 bits per heavy atom. The quantitative estimate of drug-likeness (QED) is 0.800. The van der Waals surface area contributed by atoms with Crippen LogP contribution in [0.25, 0.3) is 0 Å². The molecule has 0 radical (unpaired) electrons. The summed E-state index contributed by atoms with van der Waals surface area (Å²) in [6.07, 6.45) is 1.28. The standard InChI is InChI=1S/C7H3BrClNO2S2/c8-5-3-10-7(14(5,11)12)4-1-2-6(9)13-4/h1-3H. The summed E-state index contributed by atoms with van der Waals surface area (Å²) in [5.74, 6) is 0. The number of sulfone groups is 1. The second-order valence-electron chi connectivity index (χ2n) is 2.47. The van der Waals surface area contributed by atoms with Crippen LogP contribution >= 0.6 is 38.9 Å². The molecule has 1 aromatic heterocycles. The van der Waals surface area contributed by atoms with Gasteiger partial charge >= 0.3 is 0 Å². The smallest absolute Gasteiger partial charge is 0.233 e. The van der Waals surface area contributed by atoms with Crippen LogP contribution in [0, 0.1) is 0 Å². The molecule has 1 aliphatic heterocycles. The lowest BCUT2D eigenvalue weighted by Gasteiger charge is -1.96. The Morgan fingerprint density at radius 1 is 1.43 bits per heavy atom. The van der Waals surface area contributed by atoms with Crippen molar-refractivity contribution in [2.75, 3.05) is 0 Å². The van der Waals surface area contributed by atoms with E-state index in [1.807, 2.05) is 0 Å². The molecule has 0 atom stereocenters. The van der Waals surface area contributed by atoms with Gasteiger partial charge in [0.25, 0.3) is 0 Å². The van der Waals surface area contributed by atoms with Gasteiger partial charge in [0.05, 0.1) is 15.4 Å². The van der Waals surface area contributed by atoms with Gasteiger partial charge in [-0.2, -0.15) is 0 Å². The van der Waals surface area contributed by atoms with Crippen LogP contribution in [-0.2, 0) is 9.84 Å². The Labute approximate surface area is 98.2 Å². The molecule has 2 rings (SSSR count). The first kappa shape index (κ1) is 10.4. The van der Waals surface area contributed by atoms with Crippen LogP contribution in [0.5, 0.6) is 0 Å². The first-order chi connectivity index (χ1) is 6.51. The topological polar surface area (TPSA) is 46.5 Å². The third-order valence-corrected chi connectivity index (χ3v) is 5.88. The maximum absolute atomic E-state index is 11.6. The van der Waals surface area contributed by atoms with E-state index in [9.17, 15) is 8.42 Å². The second kappa shape index (κ2) is 3.44. The Kier molecular flexibility index (Phi) is 2.55. The fourth-order valence-corrected chi connectivity index (χ4v) is 3.82. The second-order valence-corrected chi connectivity index (χ2v) is 7.40. The van der Waals surface area contributed by atoms with Crippen molar-refractivity contribution in [1.82, 2.24) is 0 Å². The van der Waals surface area contributed by atoms with E-state index in [0.29, 0.717) is 9.21 Å². The Morgan fingerprint density at radius 3 is 2.57 bits per heavy atom. The van der Waals surface area contributed by atoms with Crippen LogP contribution in [0.1, 0.15) is 4.88 Å². The lowest BCUT2D eigenvalue weighted by Crippen LogP contribution is -2.10. The normalized spacial score (nSPS) is 19.3. The lowest BCUT2D eigenvalue weighted by molar-refractivity contribution is 0.615. The monoisotopic (exact) mass is 311 g/mol. The van der Waals surface area contributed by atoms with E-state index in [1.165, 1.54) is 17.5 Å². The van der Waals surface area contributed by atoms with E-state index < -0.39 is 9.84 Å². The molecule has 74 valence electrons. The molecular formula is C7H3BrClNO2S2. The van der Waals surface area contributed by atoms with Gasteiger partial charge in [-0.15, -0.1) is 11.3 Å². The summed E-state index contributed by atoms with van der Waals surface area (Å²) in [6, 6.07) is 3.29. The highest BCUT2D eigenvalue weighted by molar-refractivity contribution is 9.14. The van der Waals surface area contributed by atoms with Gasteiger partial charge in [-0.3, -0.25) is 0 Å². The predicted octanol–water partition coefficient (Wildman–Crippen LogP) is 2.77. The minimum atomic E-state index is -3.43. The number of halogens is 2. The predicted molar refractivity (Wildman–Crippen MR) is 61.8 cm³/mol. The van der Waals surface area contributed by atoms with Crippen LogP contribution in [0.4, 0.5) is 0 Å². The van der Waals surface area contributed by atoms with Crippen molar-refractivity contribution < 1.29 is 8.42 Å². The van der Waals surface area contributed by atoms with Gasteiger partial charge in [0.15, 0.2) is 5.04 Å². The molecule has 0 amide bonds. The van der Waals surface area contributed by atoms with Crippen molar-refractivity contribution in [1.29, 1.82) is 0 Å². The number of aliphatic imine (C=N–C) groups is 1. The highest BCUT2D eigenvalue weighted by atomic mass is 79.9. The molecule has 0 fully saturated rings. The Balaban J connectivity index is 2.51. The molecule has 1 aromatic rings. The molecule has 0 saturated heterocycles. The van der Waals surface area contributed by atoms with E-state index in [4.69, 9.17) is 11.6 Å². The molecule has 0 saturated carbocycles. The van der Waals surface area contributed by atoms with Crippen LogP contribution < -0.4 is 0 Å². The first-order valence-electron chi connectivity index (χ1n) is 3.46. The van der Waals surface area contributed by atoms with E-state index >= 15 is 0 Å². The fourth-order valence-electron chi connectivity index (χ4n) is 0.966. The molecular weight excluding hydrogens is 310 g/mol. The molecule has 2 heterocycles. The van der Waals surface area contributed by atoms with Crippen molar-refractivity contribution in [2.45, 2.75) is 0 Å². The van der Waals surface area contributed by atoms with Crippen molar-refractivity contribution in [3.8, 4) is 0 Å². The average molecular weight is 313 g/mol. The fraction of sp³-hybridized carbons (Fsp3) is 0. The van der Waals surface area contributed by atoms with E-state index in [2.05, 4.69) is 20.9 Å². The molecule has 3 nitrogen and oxygen atoms in total. The zero-order chi connectivity index (χ0) is 10.3. The third kappa shape index (κ3) is 1.56. The summed E-state index contributed by atoms with van der Waals surface area (Å²) in [5.41, 5.74) is 0. The van der Waals surface area contributed by atoms with Gasteiger partial charge in [-0.1, -0.05) is 11.6 Å². The molecule has 14 heavy (non-hydrogen) atoms.